The standard InChI is InChI=1S/C49H54N8O6/c1-48(2)46(49(3,4)47(48)63-39-14-7-30(23-50)42-37(39)12-15-40(58)51-42)53-43(60)29-5-8-32(9-6-29)55-19-17-28(18-20-55)24-54-26-34-22-35(27-54)57(34)33-10-11-36-31(21-33)25-56(45(36)62)38-13-16-41(59)52-44(38)61/h5-12,14-15,21,28,34-35,38,46-47H,13,16-20,22,24-27H2,1-4H3,(H,51,58)(H,53,60)(H,52,59,61)/t34?,35?,38-,46?,47?/m0/s1. The summed E-state index contributed by atoms with van der Waals surface area (Å²) in [6, 6.07) is 22.9. The van der Waals surface area contributed by atoms with Gasteiger partial charge in [0.25, 0.3) is 11.8 Å². The fourth-order valence-corrected chi connectivity index (χ4v) is 12.1. The summed E-state index contributed by atoms with van der Waals surface area (Å²) >= 11 is 0. The first-order valence-corrected chi connectivity index (χ1v) is 22.4. The molecule has 14 heteroatoms. The molecule has 63 heavy (non-hydrogen) atoms. The van der Waals surface area contributed by atoms with Crippen molar-refractivity contribution in [1.82, 2.24) is 25.4 Å². The number of anilines is 2. The minimum absolute atomic E-state index is 0.118. The van der Waals surface area contributed by atoms with Crippen molar-refractivity contribution in [3.63, 3.8) is 0 Å². The number of hydrogen-bond acceptors (Lipinski definition) is 10. The zero-order valence-corrected chi connectivity index (χ0v) is 36.3. The number of aromatic nitrogens is 1. The SMILES string of the molecule is CC1(C)C(NC(=O)c2ccc(N3CCC(CN4CC5CC(C4)N5c4ccc5c(c4)CN([C@H]4CCC(=O)NC4=O)C5=O)CC3)cc2)C(C)(C)C1Oc1ccc(C#N)c2[nH]c(=O)ccc12. The summed E-state index contributed by atoms with van der Waals surface area (Å²) in [4.78, 5) is 75.1. The van der Waals surface area contributed by atoms with Gasteiger partial charge in [0.05, 0.1) is 11.1 Å². The van der Waals surface area contributed by atoms with E-state index in [2.05, 4.69) is 88.3 Å². The summed E-state index contributed by atoms with van der Waals surface area (Å²) in [5, 5.41) is 16.0. The highest BCUT2D eigenvalue weighted by Gasteiger charge is 2.64. The minimum atomic E-state index is -0.605. The number of imide groups is 1. The topological polar surface area (TPSA) is 171 Å². The molecule has 3 aromatic carbocycles. The quantitative estimate of drug-likeness (QED) is 0.196. The van der Waals surface area contributed by atoms with E-state index >= 15 is 0 Å². The average molecular weight is 851 g/mol. The number of benzene rings is 3. The van der Waals surface area contributed by atoms with E-state index in [1.54, 1.807) is 23.1 Å². The van der Waals surface area contributed by atoms with Crippen molar-refractivity contribution in [2.45, 2.75) is 96.6 Å². The number of nitrogens with zero attached hydrogens (tertiary/aromatic N) is 5. The average Bonchev–Trinajstić information content (AvgIpc) is 3.59. The van der Waals surface area contributed by atoms with Crippen LogP contribution >= 0.6 is 0 Å². The number of rotatable bonds is 9. The van der Waals surface area contributed by atoms with Crippen molar-refractivity contribution in [2.75, 3.05) is 42.5 Å². The maximum absolute atomic E-state index is 13.7. The summed E-state index contributed by atoms with van der Waals surface area (Å²) in [6.45, 7) is 13.9. The van der Waals surface area contributed by atoms with Gasteiger partial charge in [0.15, 0.2) is 0 Å². The third-order valence-corrected chi connectivity index (χ3v) is 15.0. The predicted octanol–water partition coefficient (Wildman–Crippen LogP) is 4.95. The lowest BCUT2D eigenvalue weighted by molar-refractivity contribution is -0.163. The molecule has 326 valence electrons. The van der Waals surface area contributed by atoms with Gasteiger partial charge in [-0.1, -0.05) is 27.7 Å². The first-order valence-electron chi connectivity index (χ1n) is 22.4. The van der Waals surface area contributed by atoms with Crippen LogP contribution in [0.15, 0.2) is 71.5 Å². The Hall–Kier alpha value is -6.20. The molecular formula is C49H54N8O6. The Morgan fingerprint density at radius 3 is 2.30 bits per heavy atom. The van der Waals surface area contributed by atoms with Crippen molar-refractivity contribution in [3.8, 4) is 11.8 Å². The van der Waals surface area contributed by atoms with E-state index in [0.29, 0.717) is 64.3 Å². The van der Waals surface area contributed by atoms with Gasteiger partial charge in [0, 0.05) is 109 Å². The minimum Gasteiger partial charge on any atom is -0.488 e. The van der Waals surface area contributed by atoms with Crippen LogP contribution in [0, 0.1) is 28.1 Å². The van der Waals surface area contributed by atoms with Gasteiger partial charge in [0.1, 0.15) is 24.0 Å². The number of nitrogens with one attached hydrogen (secondary N) is 3. The molecular weight excluding hydrogens is 797 g/mol. The summed E-state index contributed by atoms with van der Waals surface area (Å²) in [5.74, 6) is 0.299. The smallest absolute Gasteiger partial charge is 0.255 e. The van der Waals surface area contributed by atoms with Crippen molar-refractivity contribution in [3.05, 3.63) is 99.3 Å². The number of H-pyrrole nitrogens is 1. The highest BCUT2D eigenvalue weighted by molar-refractivity contribution is 6.05. The zero-order chi connectivity index (χ0) is 43.9. The Morgan fingerprint density at radius 1 is 0.889 bits per heavy atom. The van der Waals surface area contributed by atoms with Crippen molar-refractivity contribution < 1.29 is 23.9 Å². The lowest BCUT2D eigenvalue weighted by Gasteiger charge is -2.63. The normalized spacial score (nSPS) is 26.4. The molecule has 0 spiro atoms. The molecule has 14 nitrogen and oxygen atoms in total. The Kier molecular flexibility index (Phi) is 9.89. The molecule has 7 aliphatic rings. The summed E-state index contributed by atoms with van der Waals surface area (Å²) < 4.78 is 6.63. The molecule has 1 aromatic heterocycles. The van der Waals surface area contributed by atoms with Gasteiger partial charge in [-0.05, 0) is 97.8 Å². The molecule has 5 saturated heterocycles. The summed E-state index contributed by atoms with van der Waals surface area (Å²) in [5.41, 5.74) is 4.23. The lowest BCUT2D eigenvalue weighted by atomic mass is 9.49. The van der Waals surface area contributed by atoms with Gasteiger partial charge in [-0.15, -0.1) is 0 Å². The van der Waals surface area contributed by atoms with E-state index in [-0.39, 0.29) is 47.8 Å². The van der Waals surface area contributed by atoms with Crippen molar-refractivity contribution >= 4 is 45.9 Å². The van der Waals surface area contributed by atoms with Crippen molar-refractivity contribution in [1.29, 1.82) is 5.26 Å². The largest absolute Gasteiger partial charge is 0.488 e. The maximum Gasteiger partial charge on any atom is 0.255 e. The third-order valence-electron chi connectivity index (χ3n) is 15.0. The zero-order valence-electron chi connectivity index (χ0n) is 36.3. The van der Waals surface area contributed by atoms with Crippen LogP contribution in [0.4, 0.5) is 11.4 Å². The Morgan fingerprint density at radius 2 is 1.60 bits per heavy atom. The van der Waals surface area contributed by atoms with Gasteiger partial charge in [-0.3, -0.25) is 34.2 Å². The van der Waals surface area contributed by atoms with Gasteiger partial charge < -0.3 is 29.7 Å². The second-order valence-corrected chi connectivity index (χ2v) is 19.8. The van der Waals surface area contributed by atoms with Crippen LogP contribution in [0.25, 0.3) is 10.9 Å². The van der Waals surface area contributed by atoms with E-state index in [4.69, 9.17) is 4.74 Å². The number of piperazine rings is 1. The monoisotopic (exact) mass is 850 g/mol. The van der Waals surface area contributed by atoms with Crippen LogP contribution in [0.1, 0.15) is 91.6 Å². The third kappa shape index (κ3) is 7.01. The van der Waals surface area contributed by atoms with E-state index in [1.165, 1.54) is 12.5 Å². The highest BCUT2D eigenvalue weighted by atomic mass is 16.5. The van der Waals surface area contributed by atoms with Crippen LogP contribution in [0.2, 0.25) is 0 Å². The van der Waals surface area contributed by atoms with Crippen LogP contribution in [0.5, 0.6) is 5.75 Å². The number of carbonyl (C=O) groups is 4. The van der Waals surface area contributed by atoms with Crippen LogP contribution in [0.3, 0.4) is 0 Å². The van der Waals surface area contributed by atoms with E-state index in [9.17, 15) is 29.2 Å². The predicted molar refractivity (Wildman–Crippen MR) is 237 cm³/mol. The molecule has 1 saturated carbocycles. The number of aromatic amines is 1. The number of amides is 4. The van der Waals surface area contributed by atoms with E-state index in [1.807, 2.05) is 18.2 Å². The van der Waals surface area contributed by atoms with E-state index < -0.39 is 16.9 Å². The number of piperidine rings is 3. The number of fused-ring (bicyclic) bond motifs is 4. The number of ether oxygens (including phenoxy) is 1. The first kappa shape index (κ1) is 40.8. The molecule has 2 bridgehead atoms. The number of nitriles is 1. The molecule has 3 N–H and O–H groups in total. The Labute approximate surface area is 366 Å². The fraction of sp³-hybridized carbons (Fsp3) is 0.469. The number of hydrogen-bond donors (Lipinski definition) is 3. The van der Waals surface area contributed by atoms with Gasteiger partial charge in [0.2, 0.25) is 17.4 Å². The molecule has 6 aliphatic heterocycles. The van der Waals surface area contributed by atoms with E-state index in [0.717, 1.165) is 62.5 Å². The Bertz CT molecular complexity index is 2610. The molecule has 4 amide bonds. The number of carbonyl (C=O) groups excluding carboxylic acids is 4. The first-order chi connectivity index (χ1) is 30.2. The van der Waals surface area contributed by atoms with Crippen LogP contribution < -0.4 is 30.7 Å². The fourth-order valence-electron chi connectivity index (χ4n) is 12.1. The second-order valence-electron chi connectivity index (χ2n) is 19.8. The lowest BCUT2D eigenvalue weighted by Crippen LogP contribution is -2.74. The molecule has 4 aromatic rings. The van der Waals surface area contributed by atoms with Gasteiger partial charge >= 0.3 is 0 Å². The molecule has 6 fully saturated rings. The van der Waals surface area contributed by atoms with Gasteiger partial charge in [-0.2, -0.15) is 5.26 Å². The van der Waals surface area contributed by atoms with Crippen LogP contribution in [-0.2, 0) is 16.1 Å². The molecule has 7 heterocycles. The van der Waals surface area contributed by atoms with Gasteiger partial charge in [-0.25, -0.2) is 0 Å². The molecule has 3 atom stereocenters. The molecule has 0 radical (unpaired) electrons. The Balaban J connectivity index is 0.699. The number of pyridine rings is 1. The summed E-state index contributed by atoms with van der Waals surface area (Å²) in [6.07, 6.45) is 3.78. The van der Waals surface area contributed by atoms with Crippen molar-refractivity contribution in [2.24, 2.45) is 16.7 Å². The molecule has 2 unspecified atom stereocenters. The second kappa shape index (κ2) is 15.3. The summed E-state index contributed by atoms with van der Waals surface area (Å²) in [7, 11) is 0. The highest BCUT2D eigenvalue weighted by Crippen LogP contribution is 2.56. The molecule has 1 aliphatic carbocycles. The maximum atomic E-state index is 13.7. The van der Waals surface area contributed by atoms with Crippen LogP contribution in [-0.4, -0.2) is 101 Å². The molecule has 11 rings (SSSR count).